The van der Waals surface area contributed by atoms with Crippen molar-refractivity contribution in [3.05, 3.63) is 5.82 Å². The summed E-state index contributed by atoms with van der Waals surface area (Å²) in [6.45, 7) is 10.0. The van der Waals surface area contributed by atoms with E-state index in [1.165, 1.54) is 11.8 Å². The highest BCUT2D eigenvalue weighted by molar-refractivity contribution is 7.99. The second-order valence-corrected chi connectivity index (χ2v) is 5.24. The lowest BCUT2D eigenvalue weighted by molar-refractivity contribution is -0.133. The van der Waals surface area contributed by atoms with Gasteiger partial charge in [-0.25, -0.2) is 0 Å². The molecule has 0 fully saturated rings. The van der Waals surface area contributed by atoms with Gasteiger partial charge in [-0.15, -0.1) is 10.2 Å². The standard InChI is InChI=1S/C12H22N4O2S/c1-4-6-15(5-2)7-8-16-10(3)13-14-12(16)19-9-11(17)18/h4-9H2,1-3H3,(H,17,18). The molecule has 0 atom stereocenters. The summed E-state index contributed by atoms with van der Waals surface area (Å²) < 4.78 is 1.99. The molecule has 0 unspecified atom stereocenters. The molecule has 1 rings (SSSR count). The van der Waals surface area contributed by atoms with Gasteiger partial charge in [0.15, 0.2) is 5.16 Å². The molecule has 0 spiro atoms. The summed E-state index contributed by atoms with van der Waals surface area (Å²) in [6, 6.07) is 0. The van der Waals surface area contributed by atoms with Crippen molar-refractivity contribution in [3.8, 4) is 0 Å². The third kappa shape index (κ3) is 5.20. The molecular formula is C12H22N4O2S. The summed E-state index contributed by atoms with van der Waals surface area (Å²) in [5, 5.41) is 17.5. The Morgan fingerprint density at radius 2 is 2.11 bits per heavy atom. The van der Waals surface area contributed by atoms with Crippen molar-refractivity contribution in [1.82, 2.24) is 19.7 Å². The molecule has 0 aliphatic heterocycles. The second kappa shape index (κ2) is 8.16. The summed E-state index contributed by atoms with van der Waals surface area (Å²) in [4.78, 5) is 13.0. The lowest BCUT2D eigenvalue weighted by Crippen LogP contribution is -2.28. The Morgan fingerprint density at radius 1 is 1.37 bits per heavy atom. The molecule has 6 nitrogen and oxygen atoms in total. The van der Waals surface area contributed by atoms with E-state index in [1.54, 1.807) is 0 Å². The maximum absolute atomic E-state index is 10.6. The molecule has 0 amide bonds. The predicted octanol–water partition coefficient (Wildman–Crippen LogP) is 1.50. The molecule has 0 saturated carbocycles. The Balaban J connectivity index is 2.60. The minimum atomic E-state index is -0.835. The molecule has 0 aliphatic carbocycles. The highest BCUT2D eigenvalue weighted by atomic mass is 32.2. The number of carboxylic acids is 1. The largest absolute Gasteiger partial charge is 0.481 e. The van der Waals surface area contributed by atoms with Crippen LogP contribution in [0.2, 0.25) is 0 Å². The first-order chi connectivity index (χ1) is 9.08. The SMILES string of the molecule is CCCN(CC)CCn1c(C)nnc1SCC(=O)O. The van der Waals surface area contributed by atoms with Gasteiger partial charge in [-0.2, -0.15) is 0 Å². The van der Waals surface area contributed by atoms with Crippen LogP contribution in [0.15, 0.2) is 5.16 Å². The lowest BCUT2D eigenvalue weighted by atomic mass is 10.4. The first-order valence-corrected chi connectivity index (χ1v) is 7.53. The smallest absolute Gasteiger partial charge is 0.313 e. The monoisotopic (exact) mass is 286 g/mol. The van der Waals surface area contributed by atoms with Crippen molar-refractivity contribution in [1.29, 1.82) is 0 Å². The predicted molar refractivity (Wildman–Crippen MR) is 75.5 cm³/mol. The van der Waals surface area contributed by atoms with Crippen molar-refractivity contribution in [2.75, 3.05) is 25.4 Å². The number of aryl methyl sites for hydroxylation is 1. The van der Waals surface area contributed by atoms with Crippen LogP contribution in [0.5, 0.6) is 0 Å². The quantitative estimate of drug-likeness (QED) is 0.694. The molecule has 108 valence electrons. The Hall–Kier alpha value is -1.08. The van der Waals surface area contributed by atoms with E-state index in [-0.39, 0.29) is 5.75 Å². The highest BCUT2D eigenvalue weighted by Crippen LogP contribution is 2.16. The molecule has 1 N–H and O–H groups in total. The number of thioether (sulfide) groups is 1. The first-order valence-electron chi connectivity index (χ1n) is 6.55. The molecule has 1 aromatic heterocycles. The average Bonchev–Trinajstić information content (AvgIpc) is 2.73. The number of nitrogens with zero attached hydrogens (tertiary/aromatic N) is 4. The number of aliphatic carboxylic acids is 1. The number of hydrogen-bond acceptors (Lipinski definition) is 5. The van der Waals surface area contributed by atoms with Gasteiger partial charge in [0.2, 0.25) is 0 Å². The van der Waals surface area contributed by atoms with Gasteiger partial charge in [0, 0.05) is 13.1 Å². The molecule has 1 aromatic rings. The van der Waals surface area contributed by atoms with Gasteiger partial charge < -0.3 is 14.6 Å². The van der Waals surface area contributed by atoms with E-state index >= 15 is 0 Å². The van der Waals surface area contributed by atoms with Crippen LogP contribution < -0.4 is 0 Å². The van der Waals surface area contributed by atoms with Gasteiger partial charge in [-0.1, -0.05) is 25.6 Å². The molecule has 7 heteroatoms. The third-order valence-electron chi connectivity index (χ3n) is 2.85. The maximum Gasteiger partial charge on any atom is 0.313 e. The van der Waals surface area contributed by atoms with Crippen molar-refractivity contribution < 1.29 is 9.90 Å². The first kappa shape index (κ1) is 16.0. The van der Waals surface area contributed by atoms with Crippen molar-refractivity contribution in [3.63, 3.8) is 0 Å². The summed E-state index contributed by atoms with van der Waals surface area (Å²) in [5.41, 5.74) is 0. The van der Waals surface area contributed by atoms with Crippen molar-refractivity contribution >= 4 is 17.7 Å². The van der Waals surface area contributed by atoms with E-state index in [0.717, 1.165) is 38.4 Å². The van der Waals surface area contributed by atoms with Gasteiger partial charge in [0.25, 0.3) is 0 Å². The van der Waals surface area contributed by atoms with Crippen LogP contribution in [0.3, 0.4) is 0 Å². The van der Waals surface area contributed by atoms with E-state index < -0.39 is 5.97 Å². The highest BCUT2D eigenvalue weighted by Gasteiger charge is 2.12. The normalized spacial score (nSPS) is 11.2. The number of hydrogen-bond donors (Lipinski definition) is 1. The van der Waals surface area contributed by atoms with Crippen LogP contribution in [0, 0.1) is 6.92 Å². The zero-order valence-electron chi connectivity index (χ0n) is 11.8. The molecule has 19 heavy (non-hydrogen) atoms. The Bertz CT molecular complexity index is 408. The van der Waals surface area contributed by atoms with E-state index in [2.05, 4.69) is 28.9 Å². The van der Waals surface area contributed by atoms with E-state index in [0.29, 0.717) is 5.16 Å². The molecule has 0 bridgehead atoms. The number of aromatic nitrogens is 3. The summed E-state index contributed by atoms with van der Waals surface area (Å²) >= 11 is 1.22. The van der Waals surface area contributed by atoms with E-state index in [1.807, 2.05) is 11.5 Å². The van der Waals surface area contributed by atoms with Crippen LogP contribution in [0.1, 0.15) is 26.1 Å². The van der Waals surface area contributed by atoms with Crippen molar-refractivity contribution in [2.45, 2.75) is 38.9 Å². The Labute approximate surface area is 118 Å². The number of carbonyl (C=O) groups is 1. The lowest BCUT2D eigenvalue weighted by Gasteiger charge is -2.20. The molecule has 0 aromatic carbocycles. The van der Waals surface area contributed by atoms with Gasteiger partial charge >= 0.3 is 5.97 Å². The van der Waals surface area contributed by atoms with E-state index in [9.17, 15) is 4.79 Å². The number of carboxylic acid groups (broad SMARTS) is 1. The van der Waals surface area contributed by atoms with Gasteiger partial charge in [-0.05, 0) is 26.4 Å². The van der Waals surface area contributed by atoms with Gasteiger partial charge in [0.1, 0.15) is 5.82 Å². The fraction of sp³-hybridized carbons (Fsp3) is 0.750. The minimum Gasteiger partial charge on any atom is -0.481 e. The summed E-state index contributed by atoms with van der Waals surface area (Å²) in [7, 11) is 0. The van der Waals surface area contributed by atoms with Crippen LogP contribution in [-0.2, 0) is 11.3 Å². The van der Waals surface area contributed by atoms with Crippen molar-refractivity contribution in [2.24, 2.45) is 0 Å². The van der Waals surface area contributed by atoms with Crippen LogP contribution in [-0.4, -0.2) is 56.1 Å². The van der Waals surface area contributed by atoms with Crippen LogP contribution >= 0.6 is 11.8 Å². The summed E-state index contributed by atoms with van der Waals surface area (Å²) in [5.74, 6) is 0.0173. The Morgan fingerprint density at radius 3 is 2.68 bits per heavy atom. The summed E-state index contributed by atoms with van der Waals surface area (Å²) in [6.07, 6.45) is 1.13. The molecule has 1 heterocycles. The zero-order valence-corrected chi connectivity index (χ0v) is 12.6. The van der Waals surface area contributed by atoms with Crippen LogP contribution in [0.4, 0.5) is 0 Å². The molecule has 0 saturated heterocycles. The second-order valence-electron chi connectivity index (χ2n) is 4.30. The maximum atomic E-state index is 10.6. The topological polar surface area (TPSA) is 71.2 Å². The number of rotatable bonds is 9. The average molecular weight is 286 g/mol. The fourth-order valence-corrected chi connectivity index (χ4v) is 2.57. The minimum absolute atomic E-state index is 0.0184. The molecular weight excluding hydrogens is 264 g/mol. The van der Waals surface area contributed by atoms with Crippen LogP contribution in [0.25, 0.3) is 0 Å². The van der Waals surface area contributed by atoms with Gasteiger partial charge in [0.05, 0.1) is 5.75 Å². The third-order valence-corrected chi connectivity index (χ3v) is 3.80. The van der Waals surface area contributed by atoms with Gasteiger partial charge in [-0.3, -0.25) is 4.79 Å². The fourth-order valence-electron chi connectivity index (χ4n) is 1.84. The number of likely N-dealkylation sites (N-methyl/N-ethyl adjacent to an activating group) is 1. The molecule has 0 aliphatic rings. The Kier molecular flexibility index (Phi) is 6.86. The molecule has 0 radical (unpaired) electrons. The zero-order chi connectivity index (χ0) is 14.3. The van der Waals surface area contributed by atoms with E-state index in [4.69, 9.17) is 5.11 Å².